The molecular weight excluding hydrogens is 314 g/mol. The summed E-state index contributed by atoms with van der Waals surface area (Å²) in [5.74, 6) is 0.551. The van der Waals surface area contributed by atoms with Crippen LogP contribution in [0.2, 0.25) is 0 Å². The van der Waals surface area contributed by atoms with E-state index in [0.717, 1.165) is 25.1 Å². The molecule has 0 radical (unpaired) electrons. The van der Waals surface area contributed by atoms with Gasteiger partial charge >= 0.3 is 0 Å². The van der Waals surface area contributed by atoms with Crippen LogP contribution in [0.15, 0.2) is 24.5 Å². The lowest BCUT2D eigenvalue weighted by atomic mass is 9.86. The van der Waals surface area contributed by atoms with Gasteiger partial charge in [0.05, 0.1) is 0 Å². The van der Waals surface area contributed by atoms with E-state index in [-0.39, 0.29) is 5.91 Å². The zero-order valence-corrected chi connectivity index (χ0v) is 15.4. The van der Waals surface area contributed by atoms with E-state index in [2.05, 4.69) is 4.98 Å². The molecule has 1 aliphatic heterocycles. The maximum absolute atomic E-state index is 12.9. The number of likely N-dealkylation sites (tertiary alicyclic amines) is 1. The summed E-state index contributed by atoms with van der Waals surface area (Å²) in [4.78, 5) is 21.0. The quantitative estimate of drug-likeness (QED) is 0.860. The van der Waals surface area contributed by atoms with Crippen LogP contribution in [-0.2, 0) is 11.3 Å². The van der Waals surface area contributed by atoms with Crippen LogP contribution in [0.5, 0.6) is 0 Å². The Kier molecular flexibility index (Phi) is 6.07. The third-order valence-electron chi connectivity index (χ3n) is 5.61. The van der Waals surface area contributed by atoms with Gasteiger partial charge in [-0.1, -0.05) is 25.3 Å². The zero-order valence-electron chi connectivity index (χ0n) is 15.4. The summed E-state index contributed by atoms with van der Waals surface area (Å²) in [5.41, 5.74) is -0.153. The van der Waals surface area contributed by atoms with Gasteiger partial charge < -0.3 is 10.0 Å². The van der Waals surface area contributed by atoms with Crippen LogP contribution in [0.4, 0.5) is 0 Å². The van der Waals surface area contributed by atoms with E-state index >= 15 is 0 Å². The molecule has 2 aliphatic rings. The molecule has 0 unspecified atom stereocenters. The number of hydrogen-bond donors (Lipinski definition) is 1. The Morgan fingerprint density at radius 3 is 2.84 bits per heavy atom. The first kappa shape index (κ1) is 18.3. The molecule has 138 valence electrons. The Morgan fingerprint density at radius 2 is 2.12 bits per heavy atom. The number of nitrogens with zero attached hydrogens (tertiary/aromatic N) is 3. The molecule has 0 bridgehead atoms. The fourth-order valence-electron chi connectivity index (χ4n) is 4.37. The second kappa shape index (κ2) is 8.28. The number of piperidine rings is 1. The summed E-state index contributed by atoms with van der Waals surface area (Å²) >= 11 is 0. The number of rotatable bonds is 6. The van der Waals surface area contributed by atoms with E-state index in [1.54, 1.807) is 6.20 Å². The van der Waals surface area contributed by atoms with Gasteiger partial charge in [-0.05, 0) is 50.3 Å². The normalized spacial score (nSPS) is 25.6. The third-order valence-corrected chi connectivity index (χ3v) is 5.61. The monoisotopic (exact) mass is 345 g/mol. The molecule has 2 fully saturated rings. The molecule has 1 aromatic heterocycles. The second-order valence-electron chi connectivity index (χ2n) is 7.92. The summed E-state index contributed by atoms with van der Waals surface area (Å²) in [6.45, 7) is 2.69. The van der Waals surface area contributed by atoms with Gasteiger partial charge in [0.15, 0.2) is 5.60 Å². The van der Waals surface area contributed by atoms with Crippen molar-refractivity contribution in [3.63, 3.8) is 0 Å². The molecule has 1 atom stereocenters. The lowest BCUT2D eigenvalue weighted by molar-refractivity contribution is -0.160. The molecule has 5 nitrogen and oxygen atoms in total. The average Bonchev–Trinajstić information content (AvgIpc) is 2.61. The van der Waals surface area contributed by atoms with Gasteiger partial charge in [0.2, 0.25) is 0 Å². The Labute approximate surface area is 151 Å². The van der Waals surface area contributed by atoms with Crippen LogP contribution in [-0.4, -0.2) is 58.1 Å². The van der Waals surface area contributed by atoms with Crippen molar-refractivity contribution in [2.45, 2.75) is 57.1 Å². The smallest absolute Gasteiger partial charge is 0.255 e. The molecule has 1 aromatic rings. The first-order chi connectivity index (χ1) is 12.1. The minimum absolute atomic E-state index is 0.0673. The van der Waals surface area contributed by atoms with Gasteiger partial charge in [-0.3, -0.25) is 14.7 Å². The van der Waals surface area contributed by atoms with Crippen LogP contribution in [0.1, 0.15) is 50.5 Å². The number of carbonyl (C=O) groups is 1. The molecule has 1 saturated carbocycles. The average molecular weight is 345 g/mol. The third kappa shape index (κ3) is 4.79. The van der Waals surface area contributed by atoms with E-state index in [1.165, 1.54) is 32.1 Å². The number of carbonyl (C=O) groups excluding carboxylic acids is 1. The van der Waals surface area contributed by atoms with Crippen molar-refractivity contribution < 1.29 is 9.90 Å². The summed E-state index contributed by atoms with van der Waals surface area (Å²) < 4.78 is 0. The minimum atomic E-state index is -1.25. The van der Waals surface area contributed by atoms with Crippen molar-refractivity contribution in [3.8, 4) is 0 Å². The van der Waals surface area contributed by atoms with E-state index in [1.807, 2.05) is 35.2 Å². The van der Waals surface area contributed by atoms with E-state index < -0.39 is 5.60 Å². The van der Waals surface area contributed by atoms with Crippen molar-refractivity contribution in [3.05, 3.63) is 30.1 Å². The largest absolute Gasteiger partial charge is 0.379 e. The lowest BCUT2D eigenvalue weighted by Gasteiger charge is -2.41. The molecule has 5 heteroatoms. The van der Waals surface area contributed by atoms with E-state index in [4.69, 9.17) is 0 Å². The highest BCUT2D eigenvalue weighted by Crippen LogP contribution is 2.29. The SMILES string of the molecule is CN(Cc1cccnc1)C[C@@]1(O)CCCN(CC2CCCCC2)C1=O. The van der Waals surface area contributed by atoms with Gasteiger partial charge in [0, 0.05) is 38.6 Å². The summed E-state index contributed by atoms with van der Waals surface area (Å²) in [7, 11) is 1.96. The zero-order chi connectivity index (χ0) is 17.7. The number of aliphatic hydroxyl groups is 1. The van der Waals surface area contributed by atoms with Gasteiger partial charge in [-0.15, -0.1) is 0 Å². The molecular formula is C20H31N3O2. The standard InChI is InChI=1S/C20H31N3O2/c1-22(14-18-9-5-11-21-13-18)16-20(25)10-6-12-23(19(20)24)15-17-7-3-2-4-8-17/h5,9,11,13,17,25H,2-4,6-8,10,12,14-16H2,1H3/t20-/m0/s1. The number of likely N-dealkylation sites (N-methyl/N-ethyl adjacent to an activating group) is 1. The predicted molar refractivity (Wildman–Crippen MR) is 97.9 cm³/mol. The highest BCUT2D eigenvalue weighted by atomic mass is 16.3. The van der Waals surface area contributed by atoms with Crippen molar-refractivity contribution in [2.24, 2.45) is 5.92 Å². The number of amides is 1. The van der Waals surface area contributed by atoms with E-state index in [0.29, 0.717) is 25.4 Å². The van der Waals surface area contributed by atoms with Crippen LogP contribution in [0.25, 0.3) is 0 Å². The lowest BCUT2D eigenvalue weighted by Crippen LogP contribution is -2.58. The van der Waals surface area contributed by atoms with Gasteiger partial charge in [-0.2, -0.15) is 0 Å². The maximum Gasteiger partial charge on any atom is 0.255 e. The number of hydrogen-bond acceptors (Lipinski definition) is 4. The highest BCUT2D eigenvalue weighted by Gasteiger charge is 2.43. The Hall–Kier alpha value is -1.46. The Bertz CT molecular complexity index is 559. The first-order valence-electron chi connectivity index (χ1n) is 9.66. The topological polar surface area (TPSA) is 56.7 Å². The Balaban J connectivity index is 1.58. The second-order valence-corrected chi connectivity index (χ2v) is 7.92. The molecule has 25 heavy (non-hydrogen) atoms. The van der Waals surface area contributed by atoms with E-state index in [9.17, 15) is 9.90 Å². The van der Waals surface area contributed by atoms with Crippen LogP contribution in [0.3, 0.4) is 0 Å². The van der Waals surface area contributed by atoms with Crippen LogP contribution in [0, 0.1) is 5.92 Å². The fourth-order valence-corrected chi connectivity index (χ4v) is 4.37. The highest BCUT2D eigenvalue weighted by molar-refractivity contribution is 5.86. The van der Waals surface area contributed by atoms with Gasteiger partial charge in [0.1, 0.15) is 0 Å². The van der Waals surface area contributed by atoms with Crippen molar-refractivity contribution >= 4 is 5.91 Å². The molecule has 0 aromatic carbocycles. The fraction of sp³-hybridized carbons (Fsp3) is 0.700. The molecule has 0 spiro atoms. The molecule has 1 aliphatic carbocycles. The molecule has 1 saturated heterocycles. The maximum atomic E-state index is 12.9. The van der Waals surface area contributed by atoms with Gasteiger partial charge in [0.25, 0.3) is 5.91 Å². The first-order valence-corrected chi connectivity index (χ1v) is 9.66. The number of pyridine rings is 1. The Morgan fingerprint density at radius 1 is 1.32 bits per heavy atom. The summed E-state index contributed by atoms with van der Waals surface area (Å²) in [6, 6.07) is 3.93. The van der Waals surface area contributed by atoms with Gasteiger partial charge in [-0.25, -0.2) is 0 Å². The van der Waals surface area contributed by atoms with Crippen LogP contribution < -0.4 is 0 Å². The van der Waals surface area contributed by atoms with Crippen molar-refractivity contribution in [1.82, 2.24) is 14.8 Å². The molecule has 1 N–H and O–H groups in total. The summed E-state index contributed by atoms with van der Waals surface area (Å²) in [6.07, 6.45) is 11.4. The molecule has 1 amide bonds. The number of aromatic nitrogens is 1. The summed E-state index contributed by atoms with van der Waals surface area (Å²) in [5, 5.41) is 11.0. The molecule has 2 heterocycles. The van der Waals surface area contributed by atoms with Crippen molar-refractivity contribution in [1.29, 1.82) is 0 Å². The van der Waals surface area contributed by atoms with Crippen molar-refractivity contribution in [2.75, 3.05) is 26.7 Å². The minimum Gasteiger partial charge on any atom is -0.379 e. The predicted octanol–water partition coefficient (Wildman–Crippen LogP) is 2.45. The molecule has 3 rings (SSSR count). The van der Waals surface area contributed by atoms with Crippen LogP contribution >= 0.6 is 0 Å².